The summed E-state index contributed by atoms with van der Waals surface area (Å²) in [5.41, 5.74) is 3.90. The predicted molar refractivity (Wildman–Crippen MR) is 101 cm³/mol. The van der Waals surface area contributed by atoms with Gasteiger partial charge in [-0.15, -0.1) is 0 Å². The van der Waals surface area contributed by atoms with Crippen LogP contribution >= 0.6 is 0 Å². The van der Waals surface area contributed by atoms with Gasteiger partial charge in [0.05, 0.1) is 0 Å². The average molecular weight is 325 g/mol. The molecule has 24 heavy (non-hydrogen) atoms. The molecule has 0 aliphatic rings. The van der Waals surface area contributed by atoms with Gasteiger partial charge in [0, 0.05) is 36.4 Å². The number of hydrogen-bond donors (Lipinski definition) is 1. The molecule has 0 fully saturated rings. The molecule has 2 heterocycles. The molecule has 0 bridgehead atoms. The number of amides is 1. The van der Waals surface area contributed by atoms with Gasteiger partial charge in [-0.25, -0.2) is 4.98 Å². The summed E-state index contributed by atoms with van der Waals surface area (Å²) in [5, 5.41) is 1.10. The van der Waals surface area contributed by atoms with Crippen molar-refractivity contribution in [1.29, 1.82) is 0 Å². The summed E-state index contributed by atoms with van der Waals surface area (Å²) in [6.45, 7) is 9.70. The van der Waals surface area contributed by atoms with Crippen LogP contribution in [0.15, 0.2) is 42.3 Å². The third-order valence-electron chi connectivity index (χ3n) is 4.26. The summed E-state index contributed by atoms with van der Waals surface area (Å²) in [6, 6.07) is 4.03. The minimum atomic E-state index is 0.122. The maximum Gasteiger partial charge on any atom is 0.249 e. The Bertz CT molecular complexity index is 755. The first kappa shape index (κ1) is 18.0. The number of carbonyl (C=O) groups is 1. The topological polar surface area (TPSA) is 49.0 Å². The molecule has 2 rings (SSSR count). The molecule has 128 valence electrons. The zero-order chi connectivity index (χ0) is 17.5. The third-order valence-corrected chi connectivity index (χ3v) is 4.26. The van der Waals surface area contributed by atoms with E-state index in [2.05, 4.69) is 23.8 Å². The minimum absolute atomic E-state index is 0.122. The molecule has 1 amide bonds. The molecule has 0 aliphatic heterocycles. The Balaban J connectivity index is 2.19. The first-order valence-electron chi connectivity index (χ1n) is 8.65. The molecule has 0 radical (unpaired) electrons. The number of allylic oxidation sites excluding steroid dienone is 3. The van der Waals surface area contributed by atoms with Crippen molar-refractivity contribution in [2.75, 3.05) is 13.1 Å². The van der Waals surface area contributed by atoms with E-state index in [1.807, 2.05) is 49.2 Å². The molecule has 0 saturated carbocycles. The van der Waals surface area contributed by atoms with Crippen molar-refractivity contribution in [3.63, 3.8) is 0 Å². The molecule has 4 nitrogen and oxygen atoms in total. The highest BCUT2D eigenvalue weighted by Gasteiger charge is 2.12. The number of aromatic amines is 1. The van der Waals surface area contributed by atoms with Crippen molar-refractivity contribution in [3.8, 4) is 0 Å². The summed E-state index contributed by atoms with van der Waals surface area (Å²) in [7, 11) is 0. The van der Waals surface area contributed by atoms with Gasteiger partial charge in [-0.1, -0.05) is 25.5 Å². The largest absolute Gasteiger partial charge is 0.346 e. The standard InChI is InChI=1S/C20H27N3O/c1-5-7-14-23(6-2)20(24)16(4)9-8-15(3)17-10-12-21-19-18(17)11-13-22-19/h8-13H,5-7,14H2,1-4H3,(H,21,22)/b15-8+,16-9+. The van der Waals surface area contributed by atoms with Crippen LogP contribution in [0.3, 0.4) is 0 Å². The van der Waals surface area contributed by atoms with Crippen LogP contribution in [-0.2, 0) is 4.79 Å². The van der Waals surface area contributed by atoms with E-state index in [4.69, 9.17) is 0 Å². The van der Waals surface area contributed by atoms with Crippen LogP contribution in [0.5, 0.6) is 0 Å². The molecule has 0 atom stereocenters. The summed E-state index contributed by atoms with van der Waals surface area (Å²) in [5.74, 6) is 0.122. The van der Waals surface area contributed by atoms with E-state index in [0.29, 0.717) is 0 Å². The fourth-order valence-corrected chi connectivity index (χ4v) is 2.72. The van der Waals surface area contributed by atoms with Gasteiger partial charge in [-0.05, 0) is 50.5 Å². The number of pyridine rings is 1. The first-order valence-corrected chi connectivity index (χ1v) is 8.65. The summed E-state index contributed by atoms with van der Waals surface area (Å²) >= 11 is 0. The fraction of sp³-hybridized carbons (Fsp3) is 0.400. The van der Waals surface area contributed by atoms with Gasteiger partial charge in [0.1, 0.15) is 5.65 Å². The third kappa shape index (κ3) is 4.13. The highest BCUT2D eigenvalue weighted by molar-refractivity contribution is 5.94. The highest BCUT2D eigenvalue weighted by atomic mass is 16.2. The molecule has 0 aromatic carbocycles. The maximum absolute atomic E-state index is 12.5. The van der Waals surface area contributed by atoms with Crippen molar-refractivity contribution in [3.05, 3.63) is 47.8 Å². The fourth-order valence-electron chi connectivity index (χ4n) is 2.72. The first-order chi connectivity index (χ1) is 11.6. The van der Waals surface area contributed by atoms with E-state index in [1.165, 1.54) is 0 Å². The van der Waals surface area contributed by atoms with Crippen LogP contribution in [0.1, 0.15) is 46.1 Å². The maximum atomic E-state index is 12.5. The number of hydrogen-bond acceptors (Lipinski definition) is 2. The lowest BCUT2D eigenvalue weighted by molar-refractivity contribution is -0.127. The van der Waals surface area contributed by atoms with Crippen LogP contribution in [0.25, 0.3) is 16.6 Å². The van der Waals surface area contributed by atoms with Gasteiger partial charge in [-0.3, -0.25) is 4.79 Å². The van der Waals surface area contributed by atoms with Crippen LogP contribution in [0.2, 0.25) is 0 Å². The lowest BCUT2D eigenvalue weighted by Crippen LogP contribution is -2.32. The number of nitrogens with one attached hydrogen (secondary N) is 1. The van der Waals surface area contributed by atoms with Crippen LogP contribution < -0.4 is 0 Å². The molecule has 4 heteroatoms. The monoisotopic (exact) mass is 325 g/mol. The van der Waals surface area contributed by atoms with E-state index in [1.54, 1.807) is 6.20 Å². The second kappa shape index (κ2) is 8.48. The van der Waals surface area contributed by atoms with E-state index >= 15 is 0 Å². The number of rotatable bonds is 7. The highest BCUT2D eigenvalue weighted by Crippen LogP contribution is 2.23. The van der Waals surface area contributed by atoms with Crippen molar-refractivity contribution >= 4 is 22.5 Å². The van der Waals surface area contributed by atoms with Crippen LogP contribution in [-0.4, -0.2) is 33.9 Å². The SMILES string of the molecule is CCCCN(CC)C(=O)/C(C)=C/C=C(\C)c1ccnc2[nH]ccc12. The van der Waals surface area contributed by atoms with Crippen molar-refractivity contribution in [1.82, 2.24) is 14.9 Å². The molecule has 0 aliphatic carbocycles. The second-order valence-corrected chi connectivity index (χ2v) is 6.04. The van der Waals surface area contributed by atoms with E-state index < -0.39 is 0 Å². The molecule has 0 saturated heterocycles. The number of aromatic nitrogens is 2. The molecule has 0 unspecified atom stereocenters. The van der Waals surface area contributed by atoms with Gasteiger partial charge in [-0.2, -0.15) is 0 Å². The molecule has 2 aromatic heterocycles. The van der Waals surface area contributed by atoms with Crippen molar-refractivity contribution in [2.24, 2.45) is 0 Å². The molecule has 0 spiro atoms. The summed E-state index contributed by atoms with van der Waals surface area (Å²) in [4.78, 5) is 21.9. The Morgan fingerprint density at radius 3 is 2.75 bits per heavy atom. The van der Waals surface area contributed by atoms with Crippen molar-refractivity contribution < 1.29 is 4.79 Å². The lowest BCUT2D eigenvalue weighted by atomic mass is 10.0. The number of carbonyl (C=O) groups excluding carboxylic acids is 1. The Hall–Kier alpha value is -2.36. The quantitative estimate of drug-likeness (QED) is 0.599. The van der Waals surface area contributed by atoms with Gasteiger partial charge in [0.2, 0.25) is 5.91 Å². The number of fused-ring (bicyclic) bond motifs is 1. The van der Waals surface area contributed by atoms with Crippen LogP contribution in [0.4, 0.5) is 0 Å². The molecule has 1 N–H and O–H groups in total. The van der Waals surface area contributed by atoms with E-state index in [-0.39, 0.29) is 5.91 Å². The van der Waals surface area contributed by atoms with Gasteiger partial charge >= 0.3 is 0 Å². The van der Waals surface area contributed by atoms with Crippen molar-refractivity contribution in [2.45, 2.75) is 40.5 Å². The number of unbranched alkanes of at least 4 members (excludes halogenated alkanes) is 1. The van der Waals surface area contributed by atoms with E-state index in [0.717, 1.165) is 53.7 Å². The minimum Gasteiger partial charge on any atom is -0.346 e. The zero-order valence-corrected chi connectivity index (χ0v) is 15.1. The van der Waals surface area contributed by atoms with Gasteiger partial charge in [0.15, 0.2) is 0 Å². The number of H-pyrrole nitrogens is 1. The molecular formula is C20H27N3O. The smallest absolute Gasteiger partial charge is 0.249 e. The van der Waals surface area contributed by atoms with E-state index in [9.17, 15) is 4.79 Å². The molecule has 2 aromatic rings. The second-order valence-electron chi connectivity index (χ2n) is 6.04. The average Bonchev–Trinajstić information content (AvgIpc) is 3.08. The van der Waals surface area contributed by atoms with Crippen LogP contribution in [0, 0.1) is 0 Å². The predicted octanol–water partition coefficient (Wildman–Crippen LogP) is 4.56. The molecular weight excluding hydrogens is 298 g/mol. The number of nitrogens with zero attached hydrogens (tertiary/aromatic N) is 2. The number of likely N-dealkylation sites (N-methyl/N-ethyl adjacent to an activating group) is 1. The Kier molecular flexibility index (Phi) is 6.36. The van der Waals surface area contributed by atoms with Gasteiger partial charge < -0.3 is 9.88 Å². The Morgan fingerprint density at radius 2 is 2.04 bits per heavy atom. The lowest BCUT2D eigenvalue weighted by Gasteiger charge is -2.20. The summed E-state index contributed by atoms with van der Waals surface area (Å²) < 4.78 is 0. The Labute approximate surface area is 144 Å². The van der Waals surface area contributed by atoms with Gasteiger partial charge in [0.25, 0.3) is 0 Å². The summed E-state index contributed by atoms with van der Waals surface area (Å²) in [6.07, 6.45) is 9.78. The normalized spacial score (nSPS) is 12.7. The Morgan fingerprint density at radius 1 is 1.25 bits per heavy atom. The zero-order valence-electron chi connectivity index (χ0n) is 15.1.